The highest BCUT2D eigenvalue weighted by Crippen LogP contribution is 2.55. The fraction of sp³-hybridized carbons (Fsp3) is 0.300. The average Bonchev–Trinajstić information content (AvgIpc) is 2.88. The second kappa shape index (κ2) is 16.0. The van der Waals surface area contributed by atoms with Gasteiger partial charge in [0, 0.05) is 6.47 Å². The smallest absolute Gasteiger partial charge is 0.115 e. The molecule has 0 amide bonds. The fourth-order valence-electron chi connectivity index (χ4n) is 4.20. The summed E-state index contributed by atoms with van der Waals surface area (Å²) in [6.07, 6.45) is 15.3. The summed E-state index contributed by atoms with van der Waals surface area (Å²) >= 11 is 0. The number of allylic oxidation sites excluding steroid dienone is 2. The third-order valence-electron chi connectivity index (χ3n) is 5.86. The van der Waals surface area contributed by atoms with Crippen LogP contribution in [-0.2, 0) is 4.79 Å². The molecule has 3 aromatic carbocycles. The maximum atomic E-state index is 8.25. The molecule has 3 rings (SSSR count). The van der Waals surface area contributed by atoms with E-state index in [4.69, 9.17) is 9.90 Å². The molecule has 0 bridgehead atoms. The lowest BCUT2D eigenvalue weighted by atomic mass is 10.1. The van der Waals surface area contributed by atoms with Gasteiger partial charge in [-0.2, -0.15) is 0 Å². The van der Waals surface area contributed by atoms with Crippen LogP contribution >= 0.6 is 7.26 Å². The van der Waals surface area contributed by atoms with Gasteiger partial charge in [-0.05, 0) is 49.2 Å². The Bertz CT molecular complexity index is 811. The van der Waals surface area contributed by atoms with Crippen LogP contribution in [0.5, 0.6) is 0 Å². The first kappa shape index (κ1) is 26.6. The first-order chi connectivity index (χ1) is 16.3. The van der Waals surface area contributed by atoms with E-state index in [0.29, 0.717) is 0 Å². The molecule has 33 heavy (non-hydrogen) atoms. The van der Waals surface area contributed by atoms with Crippen LogP contribution in [0.25, 0.3) is 0 Å². The number of hydrogen-bond acceptors (Lipinski definition) is 2. The molecule has 0 atom stereocenters. The number of carbonyl (C=O) groups is 1. The maximum Gasteiger partial charge on any atom is 0.115 e. The molecular formula is C30H37O2P. The van der Waals surface area contributed by atoms with E-state index in [1.165, 1.54) is 60.9 Å². The number of rotatable bonds is 12. The average molecular weight is 461 g/mol. The van der Waals surface area contributed by atoms with Gasteiger partial charge < -0.3 is 9.90 Å². The summed E-state index contributed by atoms with van der Waals surface area (Å²) in [6.45, 7) is 1.78. The van der Waals surface area contributed by atoms with E-state index in [0.717, 1.165) is 6.16 Å². The molecule has 0 fully saturated rings. The zero-order valence-corrected chi connectivity index (χ0v) is 20.7. The molecule has 0 N–H and O–H groups in total. The molecule has 0 spiro atoms. The Morgan fingerprint density at radius 2 is 1.03 bits per heavy atom. The lowest BCUT2D eigenvalue weighted by Gasteiger charge is -2.26. The summed E-state index contributed by atoms with van der Waals surface area (Å²) in [6, 6.07) is 33.5. The van der Waals surface area contributed by atoms with E-state index in [1.54, 1.807) is 0 Å². The Balaban J connectivity index is 0.00000122. The molecule has 0 aliphatic heterocycles. The van der Waals surface area contributed by atoms with Crippen molar-refractivity contribution >= 4 is 29.6 Å². The van der Waals surface area contributed by atoms with Crippen molar-refractivity contribution in [1.82, 2.24) is 0 Å². The summed E-state index contributed by atoms with van der Waals surface area (Å²) in [7, 11) is -1.71. The molecule has 0 aliphatic rings. The Kier molecular flexibility index (Phi) is 12.9. The van der Waals surface area contributed by atoms with Crippen molar-refractivity contribution < 1.29 is 9.90 Å². The van der Waals surface area contributed by atoms with Gasteiger partial charge in [0.05, 0.1) is 6.16 Å². The van der Waals surface area contributed by atoms with Gasteiger partial charge in [0.15, 0.2) is 0 Å². The molecule has 0 heterocycles. The van der Waals surface area contributed by atoms with Crippen molar-refractivity contribution in [2.24, 2.45) is 0 Å². The van der Waals surface area contributed by atoms with Gasteiger partial charge in [0.1, 0.15) is 23.2 Å². The summed E-state index contributed by atoms with van der Waals surface area (Å²) in [5, 5.41) is 12.6. The van der Waals surface area contributed by atoms with Crippen molar-refractivity contribution in [2.45, 2.75) is 51.9 Å². The number of benzene rings is 3. The molecule has 0 saturated carbocycles. The Morgan fingerprint density at radius 3 is 1.45 bits per heavy atom. The van der Waals surface area contributed by atoms with Gasteiger partial charge in [0.25, 0.3) is 0 Å². The standard InChI is InChI=1S/C29H36P.CH2O2/c1-2-3-4-5-6-7-8-9-19-26-30(27-20-13-10-14-21-27,28-22-15-11-16-23-28)29-24-17-12-18-25-29;2-1-3/h9-25H,2-8,26H2,1H3;1H,(H,2,3)/q+1;/p-1/b19-9-;. The predicted molar refractivity (Wildman–Crippen MR) is 143 cm³/mol. The van der Waals surface area contributed by atoms with Crippen molar-refractivity contribution in [3.05, 3.63) is 103 Å². The first-order valence-electron chi connectivity index (χ1n) is 12.0. The lowest BCUT2D eigenvalue weighted by molar-refractivity contribution is -0.283. The van der Waals surface area contributed by atoms with Crippen molar-refractivity contribution in [1.29, 1.82) is 0 Å². The molecule has 0 radical (unpaired) electrons. The third kappa shape index (κ3) is 8.30. The summed E-state index contributed by atoms with van der Waals surface area (Å²) in [5.41, 5.74) is 0. The number of hydrogen-bond donors (Lipinski definition) is 0. The molecule has 0 saturated heterocycles. The van der Waals surface area contributed by atoms with E-state index in [1.807, 2.05) is 0 Å². The molecule has 3 aromatic rings. The van der Waals surface area contributed by atoms with Crippen LogP contribution in [0.3, 0.4) is 0 Å². The van der Waals surface area contributed by atoms with Crippen LogP contribution in [-0.4, -0.2) is 12.6 Å². The molecule has 0 unspecified atom stereocenters. The molecule has 3 heteroatoms. The highest BCUT2D eigenvalue weighted by molar-refractivity contribution is 7.95. The summed E-state index contributed by atoms with van der Waals surface area (Å²) in [4.78, 5) is 8.25. The highest BCUT2D eigenvalue weighted by atomic mass is 31.2. The fourth-order valence-corrected chi connectivity index (χ4v) is 8.24. The van der Waals surface area contributed by atoms with Crippen molar-refractivity contribution in [3.8, 4) is 0 Å². The quantitative estimate of drug-likeness (QED) is 0.152. The number of carbonyl (C=O) groups excluding carboxylic acids is 1. The largest absolute Gasteiger partial charge is 0.554 e. The van der Waals surface area contributed by atoms with Gasteiger partial charge in [-0.15, -0.1) is 0 Å². The minimum absolute atomic E-state index is 0.500. The Hall–Kier alpha value is -2.70. The zero-order valence-electron chi connectivity index (χ0n) is 19.8. The third-order valence-corrected chi connectivity index (χ3v) is 10.2. The van der Waals surface area contributed by atoms with Gasteiger partial charge in [-0.1, -0.05) is 106 Å². The summed E-state index contributed by atoms with van der Waals surface area (Å²) in [5.74, 6) is 0. The van der Waals surface area contributed by atoms with Crippen LogP contribution < -0.4 is 21.0 Å². The Labute approximate surface area is 200 Å². The van der Waals surface area contributed by atoms with Crippen LogP contribution in [0, 0.1) is 0 Å². The van der Waals surface area contributed by atoms with E-state index >= 15 is 0 Å². The van der Waals surface area contributed by atoms with Crippen LogP contribution in [0.1, 0.15) is 51.9 Å². The normalized spacial score (nSPS) is 11.1. The minimum Gasteiger partial charge on any atom is -0.554 e. The van der Waals surface area contributed by atoms with Crippen molar-refractivity contribution in [2.75, 3.05) is 6.16 Å². The minimum atomic E-state index is -1.71. The van der Waals surface area contributed by atoms with Crippen molar-refractivity contribution in [3.63, 3.8) is 0 Å². The van der Waals surface area contributed by atoms with E-state index in [2.05, 4.69) is 110 Å². The van der Waals surface area contributed by atoms with Crippen LogP contribution in [0.2, 0.25) is 0 Å². The maximum absolute atomic E-state index is 8.25. The van der Waals surface area contributed by atoms with Crippen LogP contribution in [0.15, 0.2) is 103 Å². The van der Waals surface area contributed by atoms with E-state index in [-0.39, 0.29) is 0 Å². The molecular weight excluding hydrogens is 423 g/mol. The van der Waals surface area contributed by atoms with Gasteiger partial charge >= 0.3 is 0 Å². The lowest BCUT2D eigenvalue weighted by Crippen LogP contribution is -2.32. The first-order valence-corrected chi connectivity index (χ1v) is 14.0. The Morgan fingerprint density at radius 1 is 0.636 bits per heavy atom. The van der Waals surface area contributed by atoms with Gasteiger partial charge in [-0.25, -0.2) is 0 Å². The molecule has 174 valence electrons. The highest BCUT2D eigenvalue weighted by Gasteiger charge is 2.43. The topological polar surface area (TPSA) is 40.1 Å². The second-order valence-electron chi connectivity index (χ2n) is 8.12. The SMILES string of the molecule is CCCCCCCC/C=C\C[P+](c1ccccc1)(c1ccccc1)c1ccccc1.O=C[O-]. The van der Waals surface area contributed by atoms with Crippen LogP contribution in [0.4, 0.5) is 0 Å². The molecule has 2 nitrogen and oxygen atoms in total. The van der Waals surface area contributed by atoms with E-state index < -0.39 is 13.7 Å². The van der Waals surface area contributed by atoms with Gasteiger partial charge in [0.2, 0.25) is 0 Å². The monoisotopic (exact) mass is 460 g/mol. The predicted octanol–water partition coefficient (Wildman–Crippen LogP) is 5.65. The van der Waals surface area contributed by atoms with Gasteiger partial charge in [-0.3, -0.25) is 0 Å². The second-order valence-corrected chi connectivity index (χ2v) is 11.7. The number of carboxylic acid groups (broad SMARTS) is 1. The molecule has 0 aromatic heterocycles. The summed E-state index contributed by atoms with van der Waals surface area (Å²) < 4.78 is 0. The van der Waals surface area contributed by atoms with E-state index in [9.17, 15) is 0 Å². The number of unbranched alkanes of at least 4 members (excludes halogenated alkanes) is 6. The molecule has 0 aliphatic carbocycles. The zero-order chi connectivity index (χ0) is 23.6.